The van der Waals surface area contributed by atoms with Crippen molar-refractivity contribution < 1.29 is 18.7 Å². The lowest BCUT2D eigenvalue weighted by Gasteiger charge is -2.47. The standard InChI is InChI=1S/C26H31F2N5O2/c1-25(2,3)21(26(16-34)12-7-13-32(26)24(29)35)23-30-22(19-14-18(27)10-11-20(19)28)31-33(23)15-17-8-5-4-6-9-17/h4-6,8-11,14,21,34H,7,12-13,15-16H2,1-3H3,(H2,29,35)/t21-,26?/m1/s1. The third kappa shape index (κ3) is 4.65. The summed E-state index contributed by atoms with van der Waals surface area (Å²) >= 11 is 0. The summed E-state index contributed by atoms with van der Waals surface area (Å²) < 4.78 is 30.4. The van der Waals surface area contributed by atoms with Crippen molar-refractivity contribution in [1.82, 2.24) is 19.7 Å². The lowest BCUT2D eigenvalue weighted by Crippen LogP contribution is -2.58. The fourth-order valence-electron chi connectivity index (χ4n) is 5.44. The second-order valence-corrected chi connectivity index (χ2v) is 10.2. The van der Waals surface area contributed by atoms with E-state index in [9.17, 15) is 18.7 Å². The van der Waals surface area contributed by atoms with E-state index < -0.39 is 34.5 Å². The first-order valence-corrected chi connectivity index (χ1v) is 11.7. The minimum absolute atomic E-state index is 0.0406. The minimum Gasteiger partial charge on any atom is -0.394 e. The number of hydrogen-bond donors (Lipinski definition) is 2. The average molecular weight is 484 g/mol. The fraction of sp³-hybridized carbons (Fsp3) is 0.423. The van der Waals surface area contributed by atoms with Gasteiger partial charge in [-0.2, -0.15) is 5.10 Å². The number of aliphatic hydroxyl groups is 1. The van der Waals surface area contributed by atoms with Crippen LogP contribution in [0.2, 0.25) is 0 Å². The molecule has 1 fully saturated rings. The Hall–Kier alpha value is -3.33. The first kappa shape index (κ1) is 24.8. The van der Waals surface area contributed by atoms with Crippen molar-refractivity contribution in [3.8, 4) is 11.4 Å². The Labute approximate surface area is 203 Å². The Morgan fingerprint density at radius 3 is 2.54 bits per heavy atom. The van der Waals surface area contributed by atoms with E-state index in [4.69, 9.17) is 10.7 Å². The molecule has 0 saturated carbocycles. The number of benzene rings is 2. The SMILES string of the molecule is CC(C)(C)[C@@H](c1nc(-c2cc(F)ccc2F)nn1Cc1ccccc1)C1(CO)CCCN1C(N)=O. The maximum atomic E-state index is 14.7. The van der Waals surface area contributed by atoms with E-state index in [0.29, 0.717) is 31.8 Å². The predicted octanol–water partition coefficient (Wildman–Crippen LogP) is 4.31. The lowest BCUT2D eigenvalue weighted by atomic mass is 9.67. The highest BCUT2D eigenvalue weighted by atomic mass is 19.1. The molecule has 1 aliphatic rings. The molecule has 0 spiro atoms. The Balaban J connectivity index is 1.94. The van der Waals surface area contributed by atoms with Crippen molar-refractivity contribution in [2.45, 2.75) is 51.6 Å². The van der Waals surface area contributed by atoms with Crippen LogP contribution >= 0.6 is 0 Å². The molecule has 4 rings (SSSR count). The molecule has 186 valence electrons. The second-order valence-electron chi connectivity index (χ2n) is 10.2. The van der Waals surface area contributed by atoms with Crippen LogP contribution < -0.4 is 5.73 Å². The van der Waals surface area contributed by atoms with Crippen molar-refractivity contribution in [2.75, 3.05) is 13.2 Å². The smallest absolute Gasteiger partial charge is 0.315 e. The number of aliphatic hydroxyl groups excluding tert-OH is 1. The summed E-state index contributed by atoms with van der Waals surface area (Å²) in [5.41, 5.74) is 5.12. The van der Waals surface area contributed by atoms with Crippen molar-refractivity contribution in [2.24, 2.45) is 11.1 Å². The molecule has 1 aromatic heterocycles. The molecule has 2 aromatic carbocycles. The number of rotatable bonds is 6. The number of carbonyl (C=O) groups excluding carboxylic acids is 1. The summed E-state index contributed by atoms with van der Waals surface area (Å²) in [5, 5.41) is 15.3. The van der Waals surface area contributed by atoms with Gasteiger partial charge < -0.3 is 15.7 Å². The third-order valence-corrected chi connectivity index (χ3v) is 6.78. The van der Waals surface area contributed by atoms with Gasteiger partial charge >= 0.3 is 6.03 Å². The van der Waals surface area contributed by atoms with E-state index in [1.807, 2.05) is 51.1 Å². The molecular weight excluding hydrogens is 452 g/mol. The van der Waals surface area contributed by atoms with Crippen LogP contribution in [-0.4, -0.2) is 49.5 Å². The Kier molecular flexibility index (Phi) is 6.64. The highest BCUT2D eigenvalue weighted by Gasteiger charge is 2.55. The first-order chi connectivity index (χ1) is 16.6. The van der Waals surface area contributed by atoms with Crippen LogP contribution in [-0.2, 0) is 6.54 Å². The number of urea groups is 1. The number of amides is 2. The van der Waals surface area contributed by atoms with Gasteiger partial charge in [0.2, 0.25) is 0 Å². The van der Waals surface area contributed by atoms with E-state index in [1.54, 1.807) is 4.68 Å². The van der Waals surface area contributed by atoms with Gasteiger partial charge in [0.25, 0.3) is 0 Å². The summed E-state index contributed by atoms with van der Waals surface area (Å²) in [5.74, 6) is -1.23. The van der Waals surface area contributed by atoms with Crippen LogP contribution in [0.25, 0.3) is 11.4 Å². The van der Waals surface area contributed by atoms with Crippen LogP contribution in [0.5, 0.6) is 0 Å². The van der Waals surface area contributed by atoms with E-state index in [0.717, 1.165) is 23.8 Å². The van der Waals surface area contributed by atoms with Gasteiger partial charge in [0.1, 0.15) is 17.5 Å². The third-order valence-electron chi connectivity index (χ3n) is 6.78. The number of carbonyl (C=O) groups is 1. The van der Waals surface area contributed by atoms with E-state index in [-0.39, 0.29) is 18.0 Å². The molecule has 1 saturated heterocycles. The molecule has 9 heteroatoms. The molecule has 2 heterocycles. The maximum Gasteiger partial charge on any atom is 0.315 e. The van der Waals surface area contributed by atoms with E-state index >= 15 is 0 Å². The maximum absolute atomic E-state index is 14.7. The molecule has 0 radical (unpaired) electrons. The lowest BCUT2D eigenvalue weighted by molar-refractivity contribution is 0.0256. The van der Waals surface area contributed by atoms with Crippen LogP contribution in [0.3, 0.4) is 0 Å². The van der Waals surface area contributed by atoms with Gasteiger partial charge in [0.15, 0.2) is 5.82 Å². The summed E-state index contributed by atoms with van der Waals surface area (Å²) in [4.78, 5) is 18.7. The second kappa shape index (κ2) is 9.37. The number of hydrogen-bond acceptors (Lipinski definition) is 4. The quantitative estimate of drug-likeness (QED) is 0.546. The minimum atomic E-state index is -1.01. The van der Waals surface area contributed by atoms with Crippen LogP contribution in [0.4, 0.5) is 13.6 Å². The van der Waals surface area contributed by atoms with Crippen molar-refractivity contribution in [3.05, 3.63) is 71.6 Å². The molecule has 35 heavy (non-hydrogen) atoms. The van der Waals surface area contributed by atoms with Crippen LogP contribution in [0.15, 0.2) is 48.5 Å². The number of nitrogens with zero attached hydrogens (tertiary/aromatic N) is 4. The van der Waals surface area contributed by atoms with Gasteiger partial charge in [0.05, 0.1) is 24.3 Å². The number of likely N-dealkylation sites (tertiary alicyclic amines) is 1. The zero-order chi connectivity index (χ0) is 25.4. The van der Waals surface area contributed by atoms with Gasteiger partial charge in [-0.25, -0.2) is 23.2 Å². The number of halogens is 2. The normalized spacial score (nSPS) is 19.2. The highest BCUT2D eigenvalue weighted by molar-refractivity contribution is 5.73. The monoisotopic (exact) mass is 483 g/mol. The molecule has 2 atom stereocenters. The molecule has 2 amide bonds. The number of primary amides is 1. The number of aromatic nitrogens is 3. The molecule has 0 bridgehead atoms. The number of nitrogens with two attached hydrogens (primary N) is 1. The van der Waals surface area contributed by atoms with Crippen molar-refractivity contribution in [1.29, 1.82) is 0 Å². The summed E-state index contributed by atoms with van der Waals surface area (Å²) in [6, 6.07) is 12.1. The predicted molar refractivity (Wildman–Crippen MR) is 128 cm³/mol. The zero-order valence-electron chi connectivity index (χ0n) is 20.2. The fourth-order valence-corrected chi connectivity index (χ4v) is 5.44. The van der Waals surface area contributed by atoms with E-state index in [1.165, 1.54) is 4.90 Å². The molecule has 0 aliphatic carbocycles. The average Bonchev–Trinajstić information content (AvgIpc) is 3.41. The van der Waals surface area contributed by atoms with Crippen LogP contribution in [0.1, 0.15) is 50.9 Å². The van der Waals surface area contributed by atoms with Crippen molar-refractivity contribution >= 4 is 6.03 Å². The topological polar surface area (TPSA) is 97.3 Å². The molecule has 3 N–H and O–H groups in total. The van der Waals surface area contributed by atoms with E-state index in [2.05, 4.69) is 5.10 Å². The van der Waals surface area contributed by atoms with Gasteiger partial charge in [-0.3, -0.25) is 0 Å². The zero-order valence-corrected chi connectivity index (χ0v) is 20.2. The molecule has 3 aromatic rings. The Bertz CT molecular complexity index is 1210. The molecule has 1 aliphatic heterocycles. The summed E-state index contributed by atoms with van der Waals surface area (Å²) in [7, 11) is 0. The molecule has 1 unspecified atom stereocenters. The molecular formula is C26H31F2N5O2. The van der Waals surface area contributed by atoms with Gasteiger partial charge in [-0.1, -0.05) is 51.1 Å². The molecule has 7 nitrogen and oxygen atoms in total. The van der Waals surface area contributed by atoms with Gasteiger partial charge in [-0.15, -0.1) is 0 Å². The highest BCUT2D eigenvalue weighted by Crippen LogP contribution is 2.50. The van der Waals surface area contributed by atoms with Gasteiger partial charge in [-0.05, 0) is 42.0 Å². The first-order valence-electron chi connectivity index (χ1n) is 11.7. The summed E-state index contributed by atoms with van der Waals surface area (Å²) in [6.45, 7) is 6.41. The largest absolute Gasteiger partial charge is 0.394 e. The Morgan fingerprint density at radius 1 is 1.20 bits per heavy atom. The Morgan fingerprint density at radius 2 is 1.91 bits per heavy atom. The van der Waals surface area contributed by atoms with Crippen molar-refractivity contribution in [3.63, 3.8) is 0 Å². The van der Waals surface area contributed by atoms with Crippen LogP contribution in [0, 0.1) is 17.0 Å². The van der Waals surface area contributed by atoms with Gasteiger partial charge in [0, 0.05) is 12.5 Å². The summed E-state index contributed by atoms with van der Waals surface area (Å²) in [6.07, 6.45) is 1.20.